The molecule has 3 nitrogen and oxygen atoms in total. The van der Waals surface area contributed by atoms with Gasteiger partial charge in [0.05, 0.1) is 18.1 Å². The molecule has 0 aromatic rings. The quantitative estimate of drug-likeness (QED) is 0.573. The molecule has 0 spiro atoms. The van der Waals surface area contributed by atoms with Gasteiger partial charge in [-0.3, -0.25) is 4.79 Å². The average molecular weight is 301 g/mol. The Morgan fingerprint density at radius 1 is 1.10 bits per heavy atom. The number of hydrogen-bond acceptors (Lipinski definition) is 3. The van der Waals surface area contributed by atoms with Gasteiger partial charge in [-0.25, -0.2) is 0 Å². The van der Waals surface area contributed by atoms with Crippen molar-refractivity contribution in [1.29, 1.82) is 0 Å². The third-order valence-electron chi connectivity index (χ3n) is 5.45. The number of rotatable bonds is 3. The van der Waals surface area contributed by atoms with E-state index in [1.165, 1.54) is 7.11 Å². The second-order valence-electron chi connectivity index (χ2n) is 8.94. The molecule has 0 heterocycles. The van der Waals surface area contributed by atoms with Crippen molar-refractivity contribution >= 4 is 14.3 Å². The first kappa shape index (κ1) is 17.7. The van der Waals surface area contributed by atoms with Gasteiger partial charge in [-0.1, -0.05) is 41.5 Å². The molecule has 1 rings (SSSR count). The summed E-state index contributed by atoms with van der Waals surface area (Å²) in [5.74, 6) is -0.147. The van der Waals surface area contributed by atoms with E-state index in [1.807, 2.05) is 6.92 Å². The number of carbonyl (C=O) groups excluding carboxylic acids is 1. The summed E-state index contributed by atoms with van der Waals surface area (Å²) >= 11 is 0. The summed E-state index contributed by atoms with van der Waals surface area (Å²) in [7, 11) is -0.479. The summed E-state index contributed by atoms with van der Waals surface area (Å²) in [4.78, 5) is 12.2. The summed E-state index contributed by atoms with van der Waals surface area (Å²) < 4.78 is 11.8. The molecule has 0 aliphatic heterocycles. The fraction of sp³-hybridized carbons (Fsp3) is 0.938. The monoisotopic (exact) mass is 300 g/mol. The molecule has 0 N–H and O–H groups in total. The molecule has 1 aliphatic carbocycles. The van der Waals surface area contributed by atoms with Gasteiger partial charge in [0, 0.05) is 0 Å². The van der Waals surface area contributed by atoms with E-state index in [1.54, 1.807) is 0 Å². The van der Waals surface area contributed by atoms with E-state index in [0.717, 1.165) is 6.42 Å². The predicted molar refractivity (Wildman–Crippen MR) is 85.2 cm³/mol. The van der Waals surface area contributed by atoms with Crippen LogP contribution in [0.4, 0.5) is 0 Å². The van der Waals surface area contributed by atoms with Crippen LogP contribution in [0.5, 0.6) is 0 Å². The first-order valence-corrected chi connectivity index (χ1v) is 10.3. The molecule has 1 aliphatic rings. The highest BCUT2D eigenvalue weighted by atomic mass is 28.4. The third kappa shape index (κ3) is 2.45. The summed E-state index contributed by atoms with van der Waals surface area (Å²) in [6.45, 7) is 19.6. The molecule has 2 atom stereocenters. The smallest absolute Gasteiger partial charge is 0.314 e. The highest BCUT2D eigenvalue weighted by Gasteiger charge is 2.76. The first-order chi connectivity index (χ1) is 8.65. The van der Waals surface area contributed by atoms with Crippen LogP contribution in [0.1, 0.15) is 54.9 Å². The van der Waals surface area contributed by atoms with Gasteiger partial charge in [0.1, 0.15) is 0 Å². The van der Waals surface area contributed by atoms with Crippen LogP contribution < -0.4 is 0 Å². The second-order valence-corrected chi connectivity index (χ2v) is 13.7. The van der Waals surface area contributed by atoms with Crippen LogP contribution in [0.2, 0.25) is 18.1 Å². The van der Waals surface area contributed by atoms with Crippen molar-refractivity contribution in [2.45, 2.75) is 78.6 Å². The van der Waals surface area contributed by atoms with Crippen molar-refractivity contribution in [1.82, 2.24) is 0 Å². The molecule has 1 fully saturated rings. The Labute approximate surface area is 125 Å². The zero-order valence-electron chi connectivity index (χ0n) is 14.9. The molecular weight excluding hydrogens is 268 g/mol. The molecule has 4 heteroatoms. The van der Waals surface area contributed by atoms with Crippen molar-refractivity contribution in [2.24, 2.45) is 10.8 Å². The summed E-state index contributed by atoms with van der Waals surface area (Å²) in [5.41, 5.74) is -1.02. The van der Waals surface area contributed by atoms with E-state index >= 15 is 0 Å². The molecule has 20 heavy (non-hydrogen) atoms. The van der Waals surface area contributed by atoms with Crippen molar-refractivity contribution in [3.05, 3.63) is 0 Å². The number of ether oxygens (including phenoxy) is 1. The van der Waals surface area contributed by atoms with Crippen LogP contribution in [0.15, 0.2) is 0 Å². The predicted octanol–water partition coefficient (Wildman–Crippen LogP) is 4.38. The average Bonchev–Trinajstić information content (AvgIpc) is 2.82. The second kappa shape index (κ2) is 4.57. The van der Waals surface area contributed by atoms with Gasteiger partial charge in [-0.05, 0) is 36.9 Å². The SMILES string of the molecule is COC(=O)C1(C)CC1(O[Si](C)(C)C(C)(C)C)C(C)(C)C. The highest BCUT2D eigenvalue weighted by molar-refractivity contribution is 6.74. The van der Waals surface area contributed by atoms with E-state index in [0.29, 0.717) is 0 Å². The Morgan fingerprint density at radius 2 is 1.55 bits per heavy atom. The fourth-order valence-corrected chi connectivity index (χ4v) is 4.68. The largest absolute Gasteiger partial charge is 0.469 e. The normalized spacial score (nSPS) is 31.1. The van der Waals surface area contributed by atoms with Crippen LogP contribution >= 0.6 is 0 Å². The molecule has 118 valence electrons. The van der Waals surface area contributed by atoms with Crippen molar-refractivity contribution in [3.63, 3.8) is 0 Å². The molecule has 0 radical (unpaired) electrons. The minimum Gasteiger partial charge on any atom is -0.469 e. The van der Waals surface area contributed by atoms with Gasteiger partial charge in [0.25, 0.3) is 0 Å². The molecule has 0 amide bonds. The lowest BCUT2D eigenvalue weighted by Crippen LogP contribution is -2.51. The fourth-order valence-electron chi connectivity index (χ4n) is 2.90. The topological polar surface area (TPSA) is 35.5 Å². The Hall–Kier alpha value is -0.353. The van der Waals surface area contributed by atoms with Crippen molar-refractivity contribution < 1.29 is 14.0 Å². The van der Waals surface area contributed by atoms with Gasteiger partial charge in [-0.2, -0.15) is 0 Å². The molecular formula is C16H32O3Si. The standard InChI is InChI=1S/C16H32O3Si/c1-13(2,3)16(11-15(16,7)12(17)18-8)19-20(9,10)14(4,5)6/h11H2,1-10H3. The third-order valence-corrected chi connectivity index (χ3v) is 9.92. The zero-order chi connectivity index (χ0) is 16.2. The molecule has 0 aromatic heterocycles. The Bertz CT molecular complexity index is 403. The van der Waals surface area contributed by atoms with Gasteiger partial charge in [0.15, 0.2) is 8.32 Å². The molecule has 0 aromatic carbocycles. The Balaban J connectivity index is 3.19. The number of hydrogen-bond donors (Lipinski definition) is 0. The number of methoxy groups -OCH3 is 1. The van der Waals surface area contributed by atoms with Crippen molar-refractivity contribution in [3.8, 4) is 0 Å². The number of carbonyl (C=O) groups is 1. The summed E-state index contributed by atoms with van der Waals surface area (Å²) in [5, 5.41) is 0.130. The van der Waals surface area contributed by atoms with Crippen LogP contribution in [-0.2, 0) is 14.0 Å². The van der Waals surface area contributed by atoms with E-state index in [4.69, 9.17) is 9.16 Å². The lowest BCUT2D eigenvalue weighted by atomic mass is 9.81. The van der Waals surface area contributed by atoms with Crippen LogP contribution in [0.25, 0.3) is 0 Å². The van der Waals surface area contributed by atoms with E-state index < -0.39 is 19.3 Å². The molecule has 0 saturated heterocycles. The molecule has 2 unspecified atom stereocenters. The van der Waals surface area contributed by atoms with E-state index in [2.05, 4.69) is 54.6 Å². The summed E-state index contributed by atoms with van der Waals surface area (Å²) in [6, 6.07) is 0. The molecule has 1 saturated carbocycles. The van der Waals surface area contributed by atoms with Gasteiger partial charge in [-0.15, -0.1) is 0 Å². The molecule has 0 bridgehead atoms. The highest BCUT2D eigenvalue weighted by Crippen LogP contribution is 2.68. The van der Waals surface area contributed by atoms with Crippen LogP contribution in [-0.4, -0.2) is 27.0 Å². The lowest BCUT2D eigenvalue weighted by Gasteiger charge is -2.45. The van der Waals surface area contributed by atoms with Crippen LogP contribution in [0, 0.1) is 10.8 Å². The van der Waals surface area contributed by atoms with Gasteiger partial charge >= 0.3 is 5.97 Å². The lowest BCUT2D eigenvalue weighted by molar-refractivity contribution is -0.151. The van der Waals surface area contributed by atoms with E-state index in [9.17, 15) is 4.79 Å². The Kier molecular flexibility index (Phi) is 4.04. The maximum Gasteiger partial charge on any atom is 0.314 e. The zero-order valence-corrected chi connectivity index (χ0v) is 15.9. The summed E-state index contributed by atoms with van der Waals surface area (Å²) in [6.07, 6.45) is 0.753. The van der Waals surface area contributed by atoms with E-state index in [-0.39, 0.29) is 16.4 Å². The van der Waals surface area contributed by atoms with Gasteiger partial charge < -0.3 is 9.16 Å². The first-order valence-electron chi connectivity index (χ1n) is 7.43. The number of esters is 1. The van der Waals surface area contributed by atoms with Crippen molar-refractivity contribution in [2.75, 3.05) is 7.11 Å². The van der Waals surface area contributed by atoms with Gasteiger partial charge in [0.2, 0.25) is 0 Å². The maximum absolute atomic E-state index is 12.2. The maximum atomic E-state index is 12.2. The van der Waals surface area contributed by atoms with Crippen LogP contribution in [0.3, 0.4) is 0 Å². The minimum atomic E-state index is -1.94. The minimum absolute atomic E-state index is 0.0918. The Morgan fingerprint density at radius 3 is 1.85 bits per heavy atom.